The molecule has 164 valence electrons. The molecule has 0 spiro atoms. The van der Waals surface area contributed by atoms with Gasteiger partial charge < -0.3 is 15.0 Å². The van der Waals surface area contributed by atoms with Gasteiger partial charge in [0.15, 0.2) is 0 Å². The molecule has 1 aromatic carbocycles. The van der Waals surface area contributed by atoms with Gasteiger partial charge in [0.25, 0.3) is 0 Å². The molecule has 0 atom stereocenters. The number of amides is 2. The summed E-state index contributed by atoms with van der Waals surface area (Å²) in [5.74, 6) is -0.0791. The van der Waals surface area contributed by atoms with Crippen molar-refractivity contribution >= 4 is 22.8 Å². The molecule has 1 aromatic heterocycles. The Bertz CT molecular complexity index is 927. The summed E-state index contributed by atoms with van der Waals surface area (Å²) in [6, 6.07) is 7.55. The van der Waals surface area contributed by atoms with Gasteiger partial charge in [-0.15, -0.1) is 0 Å². The summed E-state index contributed by atoms with van der Waals surface area (Å²) in [5.41, 5.74) is 1.47. The Morgan fingerprint density at radius 3 is 2.33 bits per heavy atom. The first kappa shape index (κ1) is 22.0. The van der Waals surface area contributed by atoms with E-state index < -0.39 is 0 Å². The van der Waals surface area contributed by atoms with Crippen molar-refractivity contribution in [1.82, 2.24) is 24.3 Å². The Kier molecular flexibility index (Phi) is 7.64. The van der Waals surface area contributed by atoms with Crippen molar-refractivity contribution in [2.75, 3.05) is 53.0 Å². The Morgan fingerprint density at radius 2 is 1.70 bits per heavy atom. The lowest BCUT2D eigenvalue weighted by molar-refractivity contribution is -0.133. The highest BCUT2D eigenvalue weighted by Crippen LogP contribution is 2.13. The van der Waals surface area contributed by atoms with Gasteiger partial charge in [0.1, 0.15) is 6.54 Å². The number of para-hydroxylation sites is 2. The number of imidazole rings is 1. The molecular weight excluding hydrogens is 386 g/mol. The van der Waals surface area contributed by atoms with Crippen molar-refractivity contribution < 1.29 is 14.3 Å². The van der Waals surface area contributed by atoms with E-state index in [0.717, 1.165) is 17.5 Å². The number of piperazine rings is 1. The number of nitrogens with zero attached hydrogens (tertiary/aromatic N) is 4. The first-order valence-electron chi connectivity index (χ1n) is 10.5. The van der Waals surface area contributed by atoms with Gasteiger partial charge in [0, 0.05) is 53.0 Å². The highest BCUT2D eigenvalue weighted by atomic mass is 16.5. The Hall–Kier alpha value is -2.65. The lowest BCUT2D eigenvalue weighted by atomic mass is 10.3. The quantitative estimate of drug-likeness (QED) is 0.586. The monoisotopic (exact) mass is 417 g/mol. The van der Waals surface area contributed by atoms with Crippen LogP contribution in [0.15, 0.2) is 29.1 Å². The average molecular weight is 418 g/mol. The number of ether oxygens (including phenoxy) is 1. The molecule has 0 bridgehead atoms. The third-order valence-electron chi connectivity index (χ3n) is 5.47. The number of carbonyl (C=O) groups is 2. The van der Waals surface area contributed by atoms with Crippen LogP contribution >= 0.6 is 0 Å². The zero-order chi connectivity index (χ0) is 21.5. The molecule has 30 heavy (non-hydrogen) atoms. The van der Waals surface area contributed by atoms with E-state index in [1.54, 1.807) is 21.1 Å². The Morgan fingerprint density at radius 1 is 1.03 bits per heavy atom. The fourth-order valence-electron chi connectivity index (χ4n) is 3.82. The molecule has 0 saturated carbocycles. The first-order chi connectivity index (χ1) is 14.5. The van der Waals surface area contributed by atoms with E-state index in [4.69, 9.17) is 4.74 Å². The van der Waals surface area contributed by atoms with Crippen LogP contribution in [0.2, 0.25) is 0 Å². The second kappa shape index (κ2) is 10.4. The second-order valence-electron chi connectivity index (χ2n) is 7.45. The predicted molar refractivity (Wildman–Crippen MR) is 114 cm³/mol. The van der Waals surface area contributed by atoms with Gasteiger partial charge in [-0.05, 0) is 25.5 Å². The number of hydrogen-bond donors (Lipinski definition) is 1. The third-order valence-corrected chi connectivity index (χ3v) is 5.47. The van der Waals surface area contributed by atoms with Crippen LogP contribution in [0.3, 0.4) is 0 Å². The van der Waals surface area contributed by atoms with Crippen molar-refractivity contribution in [2.45, 2.75) is 26.4 Å². The van der Waals surface area contributed by atoms with Crippen molar-refractivity contribution in [3.63, 3.8) is 0 Å². The summed E-state index contributed by atoms with van der Waals surface area (Å²) in [7, 11) is 1.64. The SMILES string of the molecule is CCn1c(=O)n(CC(=O)N2CCN(CC(=O)NCCCOC)CC2)c2ccccc21. The van der Waals surface area contributed by atoms with Crippen LogP contribution in [-0.4, -0.2) is 83.7 Å². The number of hydrogen-bond acceptors (Lipinski definition) is 5. The molecule has 1 aliphatic rings. The Labute approximate surface area is 176 Å². The number of rotatable bonds is 9. The molecule has 2 heterocycles. The van der Waals surface area contributed by atoms with Crippen LogP contribution in [-0.2, 0) is 27.4 Å². The summed E-state index contributed by atoms with van der Waals surface area (Å²) in [4.78, 5) is 41.4. The summed E-state index contributed by atoms with van der Waals surface area (Å²) < 4.78 is 8.21. The maximum atomic E-state index is 12.8. The average Bonchev–Trinajstić information content (AvgIpc) is 3.02. The molecular formula is C21H31N5O4. The molecule has 2 aromatic rings. The molecule has 0 unspecified atom stereocenters. The molecule has 9 heteroatoms. The minimum atomic E-state index is -0.157. The lowest BCUT2D eigenvalue weighted by Crippen LogP contribution is -2.52. The molecule has 1 fully saturated rings. The first-order valence-corrected chi connectivity index (χ1v) is 10.5. The predicted octanol–water partition coefficient (Wildman–Crippen LogP) is 0.120. The lowest BCUT2D eigenvalue weighted by Gasteiger charge is -2.34. The number of carbonyl (C=O) groups excluding carboxylic acids is 2. The molecule has 1 aliphatic heterocycles. The standard InChI is InChI=1S/C21H31N5O4/c1-3-25-17-7-4-5-8-18(17)26(21(25)29)16-20(28)24-12-10-23(11-13-24)15-19(27)22-9-6-14-30-2/h4-5,7-8H,3,6,9-16H2,1-2H3,(H,22,27). The van der Waals surface area contributed by atoms with Crippen LogP contribution in [0.4, 0.5) is 0 Å². The highest BCUT2D eigenvalue weighted by Gasteiger charge is 2.24. The molecule has 1 saturated heterocycles. The van der Waals surface area contributed by atoms with E-state index in [9.17, 15) is 14.4 Å². The number of aryl methyl sites for hydroxylation is 1. The maximum Gasteiger partial charge on any atom is 0.329 e. The van der Waals surface area contributed by atoms with E-state index in [2.05, 4.69) is 5.32 Å². The molecule has 3 rings (SSSR count). The van der Waals surface area contributed by atoms with Gasteiger partial charge in [-0.3, -0.25) is 23.6 Å². The van der Waals surface area contributed by atoms with Crippen LogP contribution < -0.4 is 11.0 Å². The molecule has 2 amide bonds. The van der Waals surface area contributed by atoms with Crippen molar-refractivity contribution in [1.29, 1.82) is 0 Å². The van der Waals surface area contributed by atoms with E-state index in [0.29, 0.717) is 52.4 Å². The van der Waals surface area contributed by atoms with E-state index in [1.165, 1.54) is 0 Å². The number of fused-ring (bicyclic) bond motifs is 1. The van der Waals surface area contributed by atoms with Gasteiger partial charge in [-0.2, -0.15) is 0 Å². The van der Waals surface area contributed by atoms with Crippen LogP contribution in [0.5, 0.6) is 0 Å². The smallest absolute Gasteiger partial charge is 0.329 e. The largest absolute Gasteiger partial charge is 0.385 e. The van der Waals surface area contributed by atoms with Crippen LogP contribution in [0, 0.1) is 0 Å². The minimum Gasteiger partial charge on any atom is -0.385 e. The summed E-state index contributed by atoms with van der Waals surface area (Å²) in [6.07, 6.45) is 0.790. The van der Waals surface area contributed by atoms with E-state index in [1.807, 2.05) is 36.1 Å². The maximum absolute atomic E-state index is 12.8. The zero-order valence-corrected chi connectivity index (χ0v) is 17.8. The second-order valence-corrected chi connectivity index (χ2v) is 7.45. The van der Waals surface area contributed by atoms with Gasteiger partial charge in [0.2, 0.25) is 11.8 Å². The van der Waals surface area contributed by atoms with Crippen LogP contribution in [0.1, 0.15) is 13.3 Å². The highest BCUT2D eigenvalue weighted by molar-refractivity contribution is 5.81. The zero-order valence-electron chi connectivity index (χ0n) is 17.8. The van der Waals surface area contributed by atoms with Gasteiger partial charge in [-0.1, -0.05) is 12.1 Å². The number of benzene rings is 1. The molecule has 0 aliphatic carbocycles. The number of aromatic nitrogens is 2. The van der Waals surface area contributed by atoms with Crippen molar-refractivity contribution in [2.24, 2.45) is 0 Å². The fraction of sp³-hybridized carbons (Fsp3) is 0.571. The number of methoxy groups -OCH3 is 1. The van der Waals surface area contributed by atoms with Gasteiger partial charge in [0.05, 0.1) is 17.6 Å². The topological polar surface area (TPSA) is 88.8 Å². The minimum absolute atomic E-state index is 0.00944. The van der Waals surface area contributed by atoms with E-state index in [-0.39, 0.29) is 24.0 Å². The molecule has 1 N–H and O–H groups in total. The van der Waals surface area contributed by atoms with Crippen molar-refractivity contribution in [3.8, 4) is 0 Å². The molecule has 9 nitrogen and oxygen atoms in total. The Balaban J connectivity index is 1.53. The molecule has 0 radical (unpaired) electrons. The summed E-state index contributed by atoms with van der Waals surface area (Å²) in [5, 5.41) is 2.88. The third kappa shape index (κ3) is 5.09. The van der Waals surface area contributed by atoms with Crippen LogP contribution in [0.25, 0.3) is 11.0 Å². The summed E-state index contributed by atoms with van der Waals surface area (Å²) >= 11 is 0. The fourth-order valence-corrected chi connectivity index (χ4v) is 3.82. The van der Waals surface area contributed by atoms with Crippen molar-refractivity contribution in [3.05, 3.63) is 34.7 Å². The van der Waals surface area contributed by atoms with E-state index >= 15 is 0 Å². The summed E-state index contributed by atoms with van der Waals surface area (Å²) in [6.45, 7) is 6.47. The number of nitrogens with one attached hydrogen (secondary N) is 1. The van der Waals surface area contributed by atoms with Gasteiger partial charge in [-0.25, -0.2) is 4.79 Å². The normalized spacial score (nSPS) is 14.9. The van der Waals surface area contributed by atoms with Gasteiger partial charge >= 0.3 is 5.69 Å².